The van der Waals surface area contributed by atoms with E-state index in [-0.39, 0.29) is 12.6 Å². The standard InChI is InChI=1S/C19H22N2O5S/c1-13(14-8-4-6-10-16(14)25-2)20-19(22)18-12-21(27(3,23)24)15-9-5-7-11-17(15)26-18/h4-11,13,18H,12H2,1-3H3,(H,20,22)/t13-,18+/m0/s1. The molecule has 0 spiro atoms. The maximum absolute atomic E-state index is 12.8. The lowest BCUT2D eigenvalue weighted by Gasteiger charge is -2.34. The number of sulfonamides is 1. The summed E-state index contributed by atoms with van der Waals surface area (Å²) < 4.78 is 36.6. The molecule has 3 rings (SSSR count). The molecule has 2 aromatic rings. The summed E-state index contributed by atoms with van der Waals surface area (Å²) >= 11 is 0. The largest absolute Gasteiger partial charge is 0.496 e. The van der Waals surface area contributed by atoms with Crippen LogP contribution in [0, 0.1) is 0 Å². The van der Waals surface area contributed by atoms with Crippen molar-refractivity contribution in [2.75, 3.05) is 24.2 Å². The van der Waals surface area contributed by atoms with Gasteiger partial charge in [0.1, 0.15) is 11.5 Å². The number of benzene rings is 2. The predicted octanol–water partition coefficient (Wildman–Crippen LogP) is 2.10. The zero-order valence-corrected chi connectivity index (χ0v) is 16.2. The fourth-order valence-corrected chi connectivity index (χ4v) is 3.98. The second kappa shape index (κ2) is 7.48. The molecule has 0 bridgehead atoms. The fraction of sp³-hybridized carbons (Fsp3) is 0.316. The van der Waals surface area contributed by atoms with Crippen LogP contribution in [0.15, 0.2) is 48.5 Å². The molecular formula is C19H22N2O5S. The Kier molecular flexibility index (Phi) is 5.27. The van der Waals surface area contributed by atoms with Crippen LogP contribution in [0.1, 0.15) is 18.5 Å². The lowest BCUT2D eigenvalue weighted by atomic mass is 10.1. The number of nitrogens with one attached hydrogen (secondary N) is 1. The van der Waals surface area contributed by atoms with Gasteiger partial charge in [0.15, 0.2) is 6.10 Å². The van der Waals surface area contributed by atoms with Gasteiger partial charge in [0.05, 0.1) is 31.6 Å². The molecule has 0 aliphatic carbocycles. The molecule has 1 aliphatic heterocycles. The summed E-state index contributed by atoms with van der Waals surface area (Å²) in [7, 11) is -1.98. The number of carbonyl (C=O) groups excluding carboxylic acids is 1. The maximum atomic E-state index is 12.8. The molecule has 0 radical (unpaired) electrons. The van der Waals surface area contributed by atoms with Gasteiger partial charge in [0.25, 0.3) is 5.91 Å². The van der Waals surface area contributed by atoms with Gasteiger partial charge in [-0.2, -0.15) is 0 Å². The van der Waals surface area contributed by atoms with E-state index in [1.54, 1.807) is 31.4 Å². The fourth-order valence-electron chi connectivity index (χ4n) is 3.06. The molecule has 27 heavy (non-hydrogen) atoms. The summed E-state index contributed by atoms with van der Waals surface area (Å²) in [5.41, 5.74) is 1.26. The number of ether oxygens (including phenoxy) is 2. The highest BCUT2D eigenvalue weighted by Gasteiger charge is 2.35. The highest BCUT2D eigenvalue weighted by molar-refractivity contribution is 7.92. The van der Waals surface area contributed by atoms with E-state index in [4.69, 9.17) is 9.47 Å². The summed E-state index contributed by atoms with van der Waals surface area (Å²) in [5.74, 6) is 0.633. The van der Waals surface area contributed by atoms with Gasteiger partial charge in [-0.25, -0.2) is 8.42 Å². The summed E-state index contributed by atoms with van der Waals surface area (Å²) in [5, 5.41) is 2.88. The SMILES string of the molecule is COc1ccccc1[C@H](C)NC(=O)[C@H]1CN(S(C)(=O)=O)c2ccccc2O1. The number of hydrogen-bond acceptors (Lipinski definition) is 5. The minimum Gasteiger partial charge on any atom is -0.496 e. The van der Waals surface area contributed by atoms with E-state index in [0.717, 1.165) is 11.8 Å². The average molecular weight is 390 g/mol. The van der Waals surface area contributed by atoms with Crippen molar-refractivity contribution in [3.05, 3.63) is 54.1 Å². The van der Waals surface area contributed by atoms with E-state index in [0.29, 0.717) is 17.2 Å². The van der Waals surface area contributed by atoms with Crippen LogP contribution in [0.25, 0.3) is 0 Å². The van der Waals surface area contributed by atoms with E-state index in [1.165, 1.54) is 4.31 Å². The number of hydrogen-bond donors (Lipinski definition) is 1. The molecule has 0 fully saturated rings. The van der Waals surface area contributed by atoms with Crippen molar-refractivity contribution < 1.29 is 22.7 Å². The maximum Gasteiger partial charge on any atom is 0.263 e. The molecule has 1 aliphatic rings. The number of nitrogens with zero attached hydrogens (tertiary/aromatic N) is 1. The molecule has 0 unspecified atom stereocenters. The first-order valence-electron chi connectivity index (χ1n) is 8.48. The van der Waals surface area contributed by atoms with Gasteiger partial charge in [0.2, 0.25) is 10.0 Å². The summed E-state index contributed by atoms with van der Waals surface area (Å²) in [6.07, 6.45) is 0.161. The third-order valence-electron chi connectivity index (χ3n) is 4.39. The molecule has 8 heteroatoms. The molecule has 1 amide bonds. The number of rotatable bonds is 5. The third kappa shape index (κ3) is 4.00. The highest BCUT2D eigenvalue weighted by Crippen LogP contribution is 2.35. The number of amides is 1. The van der Waals surface area contributed by atoms with Gasteiger partial charge in [-0.3, -0.25) is 9.10 Å². The van der Waals surface area contributed by atoms with Crippen LogP contribution in [-0.2, 0) is 14.8 Å². The molecule has 7 nitrogen and oxygen atoms in total. The van der Waals surface area contributed by atoms with Crippen molar-refractivity contribution in [1.82, 2.24) is 5.32 Å². The van der Waals surface area contributed by atoms with Gasteiger partial charge in [-0.15, -0.1) is 0 Å². The van der Waals surface area contributed by atoms with Gasteiger partial charge >= 0.3 is 0 Å². The lowest BCUT2D eigenvalue weighted by molar-refractivity contribution is -0.128. The van der Waals surface area contributed by atoms with E-state index >= 15 is 0 Å². The Hall–Kier alpha value is -2.74. The Morgan fingerprint density at radius 1 is 1.22 bits per heavy atom. The first-order chi connectivity index (χ1) is 12.8. The first kappa shape index (κ1) is 19.0. The minimum absolute atomic E-state index is 0.0830. The minimum atomic E-state index is -3.54. The Morgan fingerprint density at radius 2 is 1.89 bits per heavy atom. The van der Waals surface area contributed by atoms with Gasteiger partial charge < -0.3 is 14.8 Å². The molecule has 144 valence electrons. The van der Waals surface area contributed by atoms with Crippen LogP contribution in [0.2, 0.25) is 0 Å². The number of fused-ring (bicyclic) bond motifs is 1. The van der Waals surface area contributed by atoms with Gasteiger partial charge in [-0.05, 0) is 25.1 Å². The summed E-state index contributed by atoms with van der Waals surface area (Å²) in [6.45, 7) is 1.75. The molecule has 2 aromatic carbocycles. The van der Waals surface area contributed by atoms with Crippen LogP contribution in [0.3, 0.4) is 0 Å². The number of carbonyl (C=O) groups is 1. The zero-order valence-electron chi connectivity index (χ0n) is 15.4. The van der Waals surface area contributed by atoms with Gasteiger partial charge in [0, 0.05) is 5.56 Å². The van der Waals surface area contributed by atoms with Crippen LogP contribution in [-0.4, -0.2) is 40.3 Å². The number of para-hydroxylation sites is 3. The Labute approximate surface area is 158 Å². The molecule has 0 aromatic heterocycles. The molecule has 2 atom stereocenters. The topological polar surface area (TPSA) is 84.9 Å². The summed E-state index contributed by atoms with van der Waals surface area (Å²) in [4.78, 5) is 12.8. The Bertz CT molecular complexity index is 945. The molecule has 0 saturated heterocycles. The van der Waals surface area contributed by atoms with Crippen LogP contribution >= 0.6 is 0 Å². The number of methoxy groups -OCH3 is 1. The van der Waals surface area contributed by atoms with Crippen molar-refractivity contribution in [3.8, 4) is 11.5 Å². The summed E-state index contributed by atoms with van der Waals surface area (Å²) in [6, 6.07) is 13.8. The average Bonchev–Trinajstić information content (AvgIpc) is 2.66. The smallest absolute Gasteiger partial charge is 0.263 e. The monoisotopic (exact) mass is 390 g/mol. The van der Waals surface area contributed by atoms with Crippen molar-refractivity contribution in [2.45, 2.75) is 19.1 Å². The van der Waals surface area contributed by atoms with Crippen LogP contribution < -0.4 is 19.1 Å². The second-order valence-electron chi connectivity index (χ2n) is 6.34. The normalized spacial score (nSPS) is 17.4. The van der Waals surface area contributed by atoms with Gasteiger partial charge in [-0.1, -0.05) is 30.3 Å². The van der Waals surface area contributed by atoms with Crippen molar-refractivity contribution in [3.63, 3.8) is 0 Å². The van der Waals surface area contributed by atoms with Crippen LogP contribution in [0.4, 0.5) is 5.69 Å². The molecule has 1 N–H and O–H groups in total. The molecule has 0 saturated carbocycles. The van der Waals surface area contributed by atoms with Crippen molar-refractivity contribution >= 4 is 21.6 Å². The third-order valence-corrected chi connectivity index (χ3v) is 5.54. The Balaban J connectivity index is 1.81. The zero-order chi connectivity index (χ0) is 19.6. The van der Waals surface area contributed by atoms with E-state index in [9.17, 15) is 13.2 Å². The Morgan fingerprint density at radius 3 is 2.59 bits per heavy atom. The number of anilines is 1. The molecular weight excluding hydrogens is 368 g/mol. The quantitative estimate of drug-likeness (QED) is 0.845. The highest BCUT2D eigenvalue weighted by atomic mass is 32.2. The van der Waals surface area contributed by atoms with E-state index in [2.05, 4.69) is 5.32 Å². The predicted molar refractivity (Wildman–Crippen MR) is 103 cm³/mol. The van der Waals surface area contributed by atoms with E-state index in [1.807, 2.05) is 31.2 Å². The molecule has 1 heterocycles. The van der Waals surface area contributed by atoms with Crippen molar-refractivity contribution in [1.29, 1.82) is 0 Å². The second-order valence-corrected chi connectivity index (χ2v) is 8.25. The first-order valence-corrected chi connectivity index (χ1v) is 10.3. The van der Waals surface area contributed by atoms with Crippen molar-refractivity contribution in [2.24, 2.45) is 0 Å². The van der Waals surface area contributed by atoms with Crippen LogP contribution in [0.5, 0.6) is 11.5 Å². The van der Waals surface area contributed by atoms with E-state index < -0.39 is 22.0 Å². The lowest BCUT2D eigenvalue weighted by Crippen LogP contribution is -2.50.